The highest BCUT2D eigenvalue weighted by atomic mass is 16.5. The van der Waals surface area contributed by atoms with Gasteiger partial charge in [0.1, 0.15) is 0 Å². The molecule has 1 aliphatic heterocycles. The summed E-state index contributed by atoms with van der Waals surface area (Å²) in [6, 6.07) is 3.63. The molecule has 0 saturated carbocycles. The maximum atomic E-state index is 11.7. The smallest absolute Gasteiger partial charge is 0.223 e. The van der Waals surface area contributed by atoms with Crippen molar-refractivity contribution in [1.82, 2.24) is 9.88 Å². The topological polar surface area (TPSA) is 85.5 Å². The highest BCUT2D eigenvalue weighted by Gasteiger charge is 2.32. The van der Waals surface area contributed by atoms with Gasteiger partial charge in [-0.1, -0.05) is 6.07 Å². The van der Waals surface area contributed by atoms with Gasteiger partial charge in [0, 0.05) is 31.8 Å². The minimum Gasteiger partial charge on any atom is -0.478 e. The third-order valence-electron chi connectivity index (χ3n) is 3.08. The number of primary amides is 1. The number of amides is 2. The third kappa shape index (κ3) is 3.21. The second-order valence-electron chi connectivity index (χ2n) is 4.52. The van der Waals surface area contributed by atoms with Crippen molar-refractivity contribution in [3.05, 3.63) is 23.9 Å². The van der Waals surface area contributed by atoms with Gasteiger partial charge >= 0.3 is 0 Å². The normalized spacial score (nSPS) is 18.7. The fourth-order valence-corrected chi connectivity index (χ4v) is 2.07. The molecule has 2 heterocycles. The minimum atomic E-state index is -0.416. The Bertz CT molecular complexity index is 473. The van der Waals surface area contributed by atoms with Crippen molar-refractivity contribution < 1.29 is 14.3 Å². The van der Waals surface area contributed by atoms with E-state index in [1.807, 2.05) is 13.0 Å². The molecule has 6 heteroatoms. The van der Waals surface area contributed by atoms with E-state index in [0.29, 0.717) is 25.6 Å². The zero-order chi connectivity index (χ0) is 13.8. The third-order valence-corrected chi connectivity index (χ3v) is 3.08. The first-order valence-electron chi connectivity index (χ1n) is 6.25. The van der Waals surface area contributed by atoms with Crippen LogP contribution < -0.4 is 10.5 Å². The summed E-state index contributed by atoms with van der Waals surface area (Å²) in [5.41, 5.74) is 6.13. The Kier molecular flexibility index (Phi) is 3.99. The summed E-state index contributed by atoms with van der Waals surface area (Å²) in [7, 11) is 0. The molecule has 0 spiro atoms. The van der Waals surface area contributed by atoms with E-state index in [1.54, 1.807) is 17.2 Å². The molecule has 0 aromatic carbocycles. The largest absolute Gasteiger partial charge is 0.478 e. The first-order chi connectivity index (χ1) is 9.10. The quantitative estimate of drug-likeness (QED) is 0.828. The summed E-state index contributed by atoms with van der Waals surface area (Å²) in [5.74, 6) is -0.268. The predicted octanol–water partition coefficient (Wildman–Crippen LogP) is 0.314. The molecule has 2 N–H and O–H groups in total. The molecule has 6 nitrogen and oxygen atoms in total. The van der Waals surface area contributed by atoms with E-state index < -0.39 is 5.91 Å². The average molecular weight is 263 g/mol. The zero-order valence-electron chi connectivity index (χ0n) is 10.8. The number of nitrogens with two attached hydrogens (primary N) is 1. The molecule has 1 aromatic heterocycles. The van der Waals surface area contributed by atoms with Crippen molar-refractivity contribution in [3.63, 3.8) is 0 Å². The standard InChI is InChI=1S/C13H17N3O3/c1-2-19-11-4-3-9(6-15-11)7-16-8-10(13(14)18)5-12(16)17/h3-4,6,10H,2,5,7-8H2,1H3,(H2,14,18). The molecule has 1 aliphatic rings. The average Bonchev–Trinajstić information content (AvgIpc) is 2.74. The molecule has 2 amide bonds. The van der Waals surface area contributed by atoms with Gasteiger partial charge in [-0.05, 0) is 12.5 Å². The van der Waals surface area contributed by atoms with Crippen molar-refractivity contribution in [3.8, 4) is 5.88 Å². The molecule has 0 radical (unpaired) electrons. The van der Waals surface area contributed by atoms with Crippen molar-refractivity contribution in [2.75, 3.05) is 13.2 Å². The van der Waals surface area contributed by atoms with Gasteiger partial charge in [-0.15, -0.1) is 0 Å². The second kappa shape index (κ2) is 5.69. The van der Waals surface area contributed by atoms with Gasteiger partial charge < -0.3 is 15.4 Å². The summed E-state index contributed by atoms with van der Waals surface area (Å²) in [4.78, 5) is 28.6. The van der Waals surface area contributed by atoms with Crippen LogP contribution in [0.1, 0.15) is 18.9 Å². The molecule has 1 aromatic rings. The summed E-state index contributed by atoms with van der Waals surface area (Å²) in [6.07, 6.45) is 1.88. The van der Waals surface area contributed by atoms with Crippen LogP contribution in [0.4, 0.5) is 0 Å². The summed E-state index contributed by atoms with van der Waals surface area (Å²) >= 11 is 0. The molecular formula is C13H17N3O3. The zero-order valence-corrected chi connectivity index (χ0v) is 10.8. The lowest BCUT2D eigenvalue weighted by Crippen LogP contribution is -2.28. The molecule has 0 aliphatic carbocycles. The molecule has 2 rings (SSSR count). The number of ether oxygens (including phenoxy) is 1. The lowest BCUT2D eigenvalue weighted by atomic mass is 10.1. The Labute approximate surface area is 111 Å². The number of carbonyl (C=O) groups excluding carboxylic acids is 2. The molecular weight excluding hydrogens is 246 g/mol. The van der Waals surface area contributed by atoms with E-state index in [4.69, 9.17) is 10.5 Å². The first-order valence-corrected chi connectivity index (χ1v) is 6.25. The minimum absolute atomic E-state index is 0.0438. The Morgan fingerprint density at radius 2 is 2.37 bits per heavy atom. The maximum absolute atomic E-state index is 11.7. The van der Waals surface area contributed by atoms with E-state index >= 15 is 0 Å². The van der Waals surface area contributed by atoms with Crippen LogP contribution in [0.15, 0.2) is 18.3 Å². The lowest BCUT2D eigenvalue weighted by Gasteiger charge is -2.16. The van der Waals surface area contributed by atoms with Gasteiger partial charge in [0.25, 0.3) is 0 Å². The number of likely N-dealkylation sites (tertiary alicyclic amines) is 1. The molecule has 1 saturated heterocycles. The number of rotatable bonds is 5. The van der Waals surface area contributed by atoms with Crippen LogP contribution in [0.2, 0.25) is 0 Å². The fraction of sp³-hybridized carbons (Fsp3) is 0.462. The molecule has 0 bridgehead atoms. The van der Waals surface area contributed by atoms with Crippen LogP contribution >= 0.6 is 0 Å². The maximum Gasteiger partial charge on any atom is 0.223 e. The summed E-state index contributed by atoms with van der Waals surface area (Å²) < 4.78 is 5.25. The molecule has 1 unspecified atom stereocenters. The van der Waals surface area contributed by atoms with Gasteiger partial charge in [0.2, 0.25) is 17.7 Å². The first kappa shape index (κ1) is 13.3. The van der Waals surface area contributed by atoms with Crippen LogP contribution in [0.5, 0.6) is 5.88 Å². The van der Waals surface area contributed by atoms with E-state index in [1.165, 1.54) is 0 Å². The number of pyridine rings is 1. The molecule has 19 heavy (non-hydrogen) atoms. The van der Waals surface area contributed by atoms with Crippen LogP contribution in [-0.2, 0) is 16.1 Å². The van der Waals surface area contributed by atoms with Gasteiger partial charge in [0.15, 0.2) is 0 Å². The van der Waals surface area contributed by atoms with Crippen molar-refractivity contribution in [2.45, 2.75) is 19.9 Å². The van der Waals surface area contributed by atoms with Crippen molar-refractivity contribution in [1.29, 1.82) is 0 Å². The Morgan fingerprint density at radius 3 is 2.89 bits per heavy atom. The monoisotopic (exact) mass is 263 g/mol. The van der Waals surface area contributed by atoms with E-state index in [-0.39, 0.29) is 18.2 Å². The van der Waals surface area contributed by atoms with Crippen LogP contribution in [0.25, 0.3) is 0 Å². The SMILES string of the molecule is CCOc1ccc(CN2CC(C(N)=O)CC2=O)cn1. The number of carbonyl (C=O) groups is 2. The Balaban J connectivity index is 1.97. The number of aromatic nitrogens is 1. The lowest BCUT2D eigenvalue weighted by molar-refractivity contribution is -0.128. The number of hydrogen-bond acceptors (Lipinski definition) is 4. The van der Waals surface area contributed by atoms with E-state index in [2.05, 4.69) is 4.98 Å². The van der Waals surface area contributed by atoms with Crippen molar-refractivity contribution >= 4 is 11.8 Å². The van der Waals surface area contributed by atoms with Crippen LogP contribution in [-0.4, -0.2) is 34.8 Å². The van der Waals surface area contributed by atoms with Crippen LogP contribution in [0.3, 0.4) is 0 Å². The highest BCUT2D eigenvalue weighted by Crippen LogP contribution is 2.20. The molecule has 1 atom stereocenters. The van der Waals surface area contributed by atoms with Gasteiger partial charge in [-0.25, -0.2) is 4.98 Å². The van der Waals surface area contributed by atoms with E-state index in [9.17, 15) is 9.59 Å². The molecule has 1 fully saturated rings. The number of hydrogen-bond donors (Lipinski definition) is 1. The predicted molar refractivity (Wildman–Crippen MR) is 68.1 cm³/mol. The van der Waals surface area contributed by atoms with Gasteiger partial charge in [-0.2, -0.15) is 0 Å². The Morgan fingerprint density at radius 1 is 1.58 bits per heavy atom. The molecule has 102 valence electrons. The van der Waals surface area contributed by atoms with Gasteiger partial charge in [-0.3, -0.25) is 9.59 Å². The van der Waals surface area contributed by atoms with Crippen molar-refractivity contribution in [2.24, 2.45) is 11.7 Å². The highest BCUT2D eigenvalue weighted by molar-refractivity contribution is 5.88. The second-order valence-corrected chi connectivity index (χ2v) is 4.52. The fourth-order valence-electron chi connectivity index (χ4n) is 2.07. The van der Waals surface area contributed by atoms with E-state index in [0.717, 1.165) is 5.56 Å². The summed E-state index contributed by atoms with van der Waals surface area (Å²) in [5, 5.41) is 0. The summed E-state index contributed by atoms with van der Waals surface area (Å²) in [6.45, 7) is 3.29. The van der Waals surface area contributed by atoms with Gasteiger partial charge in [0.05, 0.1) is 12.5 Å². The Hall–Kier alpha value is -2.11. The number of nitrogens with zero attached hydrogens (tertiary/aromatic N) is 2. The van der Waals surface area contributed by atoms with Crippen LogP contribution in [0, 0.1) is 5.92 Å².